The third kappa shape index (κ3) is 3.27. The summed E-state index contributed by atoms with van der Waals surface area (Å²) in [7, 11) is 1.45. The molecule has 1 aliphatic heterocycles. The first kappa shape index (κ1) is 14.3. The van der Waals surface area contributed by atoms with Crippen molar-refractivity contribution in [2.75, 3.05) is 13.7 Å². The van der Waals surface area contributed by atoms with Crippen LogP contribution in [0.25, 0.3) is 0 Å². The number of ether oxygens (including phenoxy) is 1. The monoisotopic (exact) mass is 278 g/mol. The van der Waals surface area contributed by atoms with Crippen molar-refractivity contribution in [3.8, 4) is 5.75 Å². The van der Waals surface area contributed by atoms with Crippen molar-refractivity contribution < 1.29 is 19.5 Å². The molecule has 2 rings (SSSR count). The van der Waals surface area contributed by atoms with Crippen LogP contribution in [0.1, 0.15) is 25.0 Å². The lowest BCUT2D eigenvalue weighted by atomic mass is 10.1. The Morgan fingerprint density at radius 3 is 2.70 bits per heavy atom. The summed E-state index contributed by atoms with van der Waals surface area (Å²) in [6.45, 7) is 5.29. The zero-order valence-corrected chi connectivity index (χ0v) is 12.0. The third-order valence-electron chi connectivity index (χ3n) is 2.55. The summed E-state index contributed by atoms with van der Waals surface area (Å²) < 4.78 is 5.57. The van der Waals surface area contributed by atoms with E-state index in [9.17, 15) is 5.11 Å². The van der Waals surface area contributed by atoms with Gasteiger partial charge >= 0.3 is 0 Å². The molecule has 0 aromatic heterocycles. The maximum Gasteiger partial charge on any atom is 0.286 e. The third-order valence-corrected chi connectivity index (χ3v) is 2.55. The van der Waals surface area contributed by atoms with Crippen molar-refractivity contribution in [3.63, 3.8) is 0 Å². The van der Waals surface area contributed by atoms with Crippen LogP contribution in [0.4, 0.5) is 0 Å². The van der Waals surface area contributed by atoms with Gasteiger partial charge in [-0.1, -0.05) is 16.8 Å². The fraction of sp³-hybridized carbons (Fsp3) is 0.429. The summed E-state index contributed by atoms with van der Waals surface area (Å²) in [5.41, 5.74) is 1.39. The number of aryl methyl sites for hydroxylation is 1. The summed E-state index contributed by atoms with van der Waals surface area (Å²) in [6, 6.07) is 5.71. The Bertz CT molecular complexity index is 559. The van der Waals surface area contributed by atoms with Crippen LogP contribution in [0.2, 0.25) is 0 Å². The lowest BCUT2D eigenvalue weighted by Gasteiger charge is -2.14. The van der Waals surface area contributed by atoms with Gasteiger partial charge in [0.05, 0.1) is 11.2 Å². The van der Waals surface area contributed by atoms with Crippen LogP contribution in [-0.4, -0.2) is 36.0 Å². The summed E-state index contributed by atoms with van der Waals surface area (Å²) in [5, 5.41) is 17.4. The molecule has 0 saturated carbocycles. The molecule has 0 radical (unpaired) electrons. The maximum absolute atomic E-state index is 9.58. The van der Waals surface area contributed by atoms with Gasteiger partial charge in [0, 0.05) is 0 Å². The predicted molar refractivity (Wildman–Crippen MR) is 75.0 cm³/mol. The first-order chi connectivity index (χ1) is 9.40. The van der Waals surface area contributed by atoms with Gasteiger partial charge < -0.3 is 19.5 Å². The molecule has 6 nitrogen and oxygen atoms in total. The quantitative estimate of drug-likeness (QED) is 0.853. The molecule has 1 aromatic rings. The first-order valence-electron chi connectivity index (χ1n) is 6.23. The van der Waals surface area contributed by atoms with E-state index in [1.165, 1.54) is 7.11 Å². The Morgan fingerprint density at radius 1 is 1.30 bits per heavy atom. The number of benzene rings is 1. The standard InChI is InChI=1S/C14H18N2O4/c1-9-5-6-11-10(7-9)12(15-18-4)13(20-11)16-19-8-14(2,3)17/h5-7,17H,8H2,1-4H3/b15-12?,16-13+. The highest BCUT2D eigenvalue weighted by Crippen LogP contribution is 2.28. The first-order valence-corrected chi connectivity index (χ1v) is 6.23. The van der Waals surface area contributed by atoms with Gasteiger partial charge in [0.1, 0.15) is 19.5 Å². The normalized spacial score (nSPS) is 18.1. The number of hydrogen-bond donors (Lipinski definition) is 1. The minimum Gasteiger partial charge on any atom is -0.434 e. The number of rotatable bonds is 4. The van der Waals surface area contributed by atoms with E-state index in [2.05, 4.69) is 10.3 Å². The van der Waals surface area contributed by atoms with Crippen molar-refractivity contribution in [1.29, 1.82) is 0 Å². The van der Waals surface area contributed by atoms with Gasteiger partial charge in [-0.25, -0.2) is 0 Å². The molecule has 0 atom stereocenters. The molecule has 0 amide bonds. The summed E-state index contributed by atoms with van der Waals surface area (Å²) >= 11 is 0. The van der Waals surface area contributed by atoms with Gasteiger partial charge in [0.2, 0.25) is 0 Å². The molecule has 1 aliphatic rings. The van der Waals surface area contributed by atoms with E-state index in [1.807, 2.05) is 25.1 Å². The molecule has 0 spiro atoms. The van der Waals surface area contributed by atoms with Gasteiger partial charge in [-0.2, -0.15) is 0 Å². The van der Waals surface area contributed by atoms with Crippen molar-refractivity contribution in [2.24, 2.45) is 10.3 Å². The highest BCUT2D eigenvalue weighted by atomic mass is 16.7. The number of hydrogen-bond acceptors (Lipinski definition) is 6. The van der Waals surface area contributed by atoms with Crippen LogP contribution in [0, 0.1) is 6.92 Å². The van der Waals surface area contributed by atoms with Crippen molar-refractivity contribution in [2.45, 2.75) is 26.4 Å². The van der Waals surface area contributed by atoms with Crippen LogP contribution in [0.3, 0.4) is 0 Å². The SMILES string of the molecule is CON=C1/C(=N\OCC(C)(C)O)Oc2ccc(C)cc21. The molecule has 0 bridgehead atoms. The van der Waals surface area contributed by atoms with E-state index >= 15 is 0 Å². The van der Waals surface area contributed by atoms with Crippen LogP contribution in [-0.2, 0) is 9.68 Å². The van der Waals surface area contributed by atoms with E-state index in [4.69, 9.17) is 14.4 Å². The van der Waals surface area contributed by atoms with Gasteiger partial charge in [0.15, 0.2) is 5.71 Å². The summed E-state index contributed by atoms with van der Waals surface area (Å²) in [4.78, 5) is 9.92. The zero-order valence-electron chi connectivity index (χ0n) is 12.0. The molecule has 1 heterocycles. The second-order valence-corrected chi connectivity index (χ2v) is 5.21. The van der Waals surface area contributed by atoms with Gasteiger partial charge in [-0.15, -0.1) is 0 Å². The Kier molecular flexibility index (Phi) is 3.94. The second-order valence-electron chi connectivity index (χ2n) is 5.21. The molecule has 1 N–H and O–H groups in total. The second kappa shape index (κ2) is 5.50. The van der Waals surface area contributed by atoms with Crippen LogP contribution in [0.15, 0.2) is 28.5 Å². The molecule has 6 heteroatoms. The Morgan fingerprint density at radius 2 is 2.05 bits per heavy atom. The van der Waals surface area contributed by atoms with Crippen molar-refractivity contribution >= 4 is 11.6 Å². The predicted octanol–water partition coefficient (Wildman–Crippen LogP) is 1.84. The average Bonchev–Trinajstić information content (AvgIpc) is 2.66. The van der Waals surface area contributed by atoms with Crippen LogP contribution >= 0.6 is 0 Å². The van der Waals surface area contributed by atoms with E-state index in [0.717, 1.165) is 11.1 Å². The maximum atomic E-state index is 9.58. The fourth-order valence-electron chi connectivity index (χ4n) is 1.68. The summed E-state index contributed by atoms with van der Waals surface area (Å²) in [5.74, 6) is 0.869. The Balaban J connectivity index is 2.24. The largest absolute Gasteiger partial charge is 0.434 e. The fourth-order valence-corrected chi connectivity index (χ4v) is 1.68. The molecule has 0 saturated heterocycles. The highest BCUT2D eigenvalue weighted by molar-refractivity contribution is 6.48. The van der Waals surface area contributed by atoms with E-state index in [0.29, 0.717) is 11.5 Å². The summed E-state index contributed by atoms with van der Waals surface area (Å²) in [6.07, 6.45) is 0. The van der Waals surface area contributed by atoms with Crippen LogP contribution < -0.4 is 4.74 Å². The number of oxime groups is 2. The van der Waals surface area contributed by atoms with E-state index in [-0.39, 0.29) is 12.5 Å². The van der Waals surface area contributed by atoms with Gasteiger partial charge in [-0.3, -0.25) is 0 Å². The van der Waals surface area contributed by atoms with Gasteiger partial charge in [0.25, 0.3) is 5.90 Å². The number of aliphatic hydroxyl groups is 1. The Hall–Kier alpha value is -2.08. The lowest BCUT2D eigenvalue weighted by molar-refractivity contribution is -0.0198. The molecule has 108 valence electrons. The van der Waals surface area contributed by atoms with E-state index < -0.39 is 5.60 Å². The van der Waals surface area contributed by atoms with Crippen molar-refractivity contribution in [1.82, 2.24) is 0 Å². The topological polar surface area (TPSA) is 72.6 Å². The molecule has 20 heavy (non-hydrogen) atoms. The smallest absolute Gasteiger partial charge is 0.286 e. The zero-order chi connectivity index (χ0) is 14.8. The number of fused-ring (bicyclic) bond motifs is 1. The highest BCUT2D eigenvalue weighted by Gasteiger charge is 2.29. The minimum atomic E-state index is -0.968. The van der Waals surface area contributed by atoms with Crippen LogP contribution in [0.5, 0.6) is 5.75 Å². The lowest BCUT2D eigenvalue weighted by Crippen LogP contribution is -2.25. The van der Waals surface area contributed by atoms with Crippen molar-refractivity contribution in [3.05, 3.63) is 29.3 Å². The molecule has 0 aliphatic carbocycles. The molecular formula is C14H18N2O4. The molecule has 0 unspecified atom stereocenters. The number of nitrogens with zero attached hydrogens (tertiary/aromatic N) is 2. The minimum absolute atomic E-state index is 0.0511. The Labute approximate surface area is 117 Å². The molecule has 1 aromatic carbocycles. The average molecular weight is 278 g/mol. The van der Waals surface area contributed by atoms with E-state index in [1.54, 1.807) is 13.8 Å². The van der Waals surface area contributed by atoms with Gasteiger partial charge in [-0.05, 0) is 38.1 Å². The molecule has 0 fully saturated rings. The molecular weight excluding hydrogens is 260 g/mol.